The molecule has 0 aliphatic rings. The van der Waals surface area contributed by atoms with E-state index in [1.807, 2.05) is 25.2 Å². The lowest BCUT2D eigenvalue weighted by Crippen LogP contribution is -1.54. The molecule has 0 bridgehead atoms. The maximum Gasteiger partial charge on any atom is 0.0169 e. The van der Waals surface area contributed by atoms with Crippen LogP contribution in [0, 0.1) is 0 Å². The van der Waals surface area contributed by atoms with Gasteiger partial charge in [-0.05, 0) is 13.0 Å². The number of hydrogen-bond donors (Lipinski definition) is 0. The van der Waals surface area contributed by atoms with Crippen molar-refractivity contribution in [2.75, 3.05) is 0 Å². The molecule has 0 radical (unpaired) electrons. The molecule has 0 nitrogen and oxygen atoms in total. The third kappa shape index (κ3) is 3.88. The lowest BCUT2D eigenvalue weighted by atomic mass is 10.4. The van der Waals surface area contributed by atoms with Gasteiger partial charge in [-0.3, -0.25) is 0 Å². The molecule has 0 aromatic rings. The number of hydrogen-bond acceptors (Lipinski definition) is 0. The molecule has 0 aromatic carbocycles. The van der Waals surface area contributed by atoms with E-state index >= 15 is 0 Å². The second-order valence-electron chi connectivity index (χ2n) is 1.28. The van der Waals surface area contributed by atoms with E-state index in [4.69, 9.17) is 0 Å². The van der Waals surface area contributed by atoms with Crippen LogP contribution in [0.3, 0.4) is 0 Å². The zero-order chi connectivity index (χ0) is 6.41. The summed E-state index contributed by atoms with van der Waals surface area (Å²) in [5.74, 6) is 0. The summed E-state index contributed by atoms with van der Waals surface area (Å²) in [5.41, 5.74) is 0. The number of halogens is 1. The standard InChI is InChI=1S/C7H9Br/c1-3-5-6-7(8)4-2/h3-6H,2H2,1H3. The van der Waals surface area contributed by atoms with Gasteiger partial charge in [0.2, 0.25) is 0 Å². The lowest BCUT2D eigenvalue weighted by Gasteiger charge is -1.78. The van der Waals surface area contributed by atoms with Crippen LogP contribution in [0.2, 0.25) is 0 Å². The first kappa shape index (κ1) is 7.70. The van der Waals surface area contributed by atoms with Crippen molar-refractivity contribution in [3.63, 3.8) is 0 Å². The average Bonchev–Trinajstić information content (AvgIpc) is 1.83. The largest absolute Gasteiger partial charge is 0.0979 e. The molecule has 0 rings (SSSR count). The van der Waals surface area contributed by atoms with Crippen molar-refractivity contribution >= 4 is 15.9 Å². The molecule has 0 saturated carbocycles. The van der Waals surface area contributed by atoms with Crippen molar-refractivity contribution < 1.29 is 0 Å². The highest BCUT2D eigenvalue weighted by Gasteiger charge is 1.73. The van der Waals surface area contributed by atoms with Gasteiger partial charge in [-0.15, -0.1) is 0 Å². The van der Waals surface area contributed by atoms with Crippen LogP contribution < -0.4 is 0 Å². The van der Waals surface area contributed by atoms with E-state index in [0.717, 1.165) is 4.48 Å². The topological polar surface area (TPSA) is 0 Å². The molecule has 0 atom stereocenters. The number of allylic oxidation sites excluding steroid dienone is 5. The Morgan fingerprint density at radius 2 is 2.25 bits per heavy atom. The third-order valence-corrected chi connectivity index (χ3v) is 1.23. The van der Waals surface area contributed by atoms with Crippen LogP contribution in [0.4, 0.5) is 0 Å². The fraction of sp³-hybridized carbons (Fsp3) is 0.143. The highest BCUT2D eigenvalue weighted by molar-refractivity contribution is 9.11. The van der Waals surface area contributed by atoms with Crippen LogP contribution >= 0.6 is 15.9 Å². The summed E-state index contributed by atoms with van der Waals surface area (Å²) < 4.78 is 1.01. The van der Waals surface area contributed by atoms with Crippen LogP contribution in [0.15, 0.2) is 35.4 Å². The quantitative estimate of drug-likeness (QED) is 0.563. The van der Waals surface area contributed by atoms with E-state index in [0.29, 0.717) is 0 Å². The minimum absolute atomic E-state index is 1.01. The second-order valence-corrected chi connectivity index (χ2v) is 2.20. The SMILES string of the molecule is C=CC(Br)=CC=CC. The van der Waals surface area contributed by atoms with Gasteiger partial charge in [-0.25, -0.2) is 0 Å². The summed E-state index contributed by atoms with van der Waals surface area (Å²) >= 11 is 3.27. The highest BCUT2D eigenvalue weighted by Crippen LogP contribution is 2.03. The van der Waals surface area contributed by atoms with E-state index < -0.39 is 0 Å². The van der Waals surface area contributed by atoms with Gasteiger partial charge in [-0.1, -0.05) is 40.7 Å². The van der Waals surface area contributed by atoms with E-state index in [1.165, 1.54) is 0 Å². The molecule has 0 aromatic heterocycles. The predicted molar refractivity (Wildman–Crippen MR) is 42.0 cm³/mol. The molecule has 0 aliphatic carbocycles. The Bertz CT molecular complexity index is 120. The Morgan fingerprint density at radius 1 is 1.62 bits per heavy atom. The van der Waals surface area contributed by atoms with E-state index in [-0.39, 0.29) is 0 Å². The van der Waals surface area contributed by atoms with Gasteiger partial charge in [0, 0.05) is 4.48 Å². The van der Waals surface area contributed by atoms with Crippen molar-refractivity contribution in [3.8, 4) is 0 Å². The smallest absolute Gasteiger partial charge is 0.0169 e. The minimum atomic E-state index is 1.01. The van der Waals surface area contributed by atoms with E-state index in [9.17, 15) is 0 Å². The van der Waals surface area contributed by atoms with Crippen LogP contribution in [0.1, 0.15) is 6.92 Å². The van der Waals surface area contributed by atoms with E-state index in [1.54, 1.807) is 6.08 Å². The first-order chi connectivity index (χ1) is 3.81. The van der Waals surface area contributed by atoms with Crippen LogP contribution in [0.25, 0.3) is 0 Å². The molecule has 1 heteroatoms. The zero-order valence-electron chi connectivity index (χ0n) is 4.89. The second kappa shape index (κ2) is 4.85. The van der Waals surface area contributed by atoms with Crippen LogP contribution in [0.5, 0.6) is 0 Å². The maximum atomic E-state index is 3.56. The Kier molecular flexibility index (Phi) is 4.67. The van der Waals surface area contributed by atoms with Crippen molar-refractivity contribution in [3.05, 3.63) is 35.4 Å². The monoisotopic (exact) mass is 172 g/mol. The molecule has 0 spiro atoms. The zero-order valence-corrected chi connectivity index (χ0v) is 6.48. The van der Waals surface area contributed by atoms with Gasteiger partial charge < -0.3 is 0 Å². The summed E-state index contributed by atoms with van der Waals surface area (Å²) in [6.45, 7) is 5.54. The summed E-state index contributed by atoms with van der Waals surface area (Å²) in [5, 5.41) is 0. The first-order valence-corrected chi connectivity index (χ1v) is 3.21. The lowest BCUT2D eigenvalue weighted by molar-refractivity contribution is 1.73. The summed E-state index contributed by atoms with van der Waals surface area (Å²) in [4.78, 5) is 0. The molecular weight excluding hydrogens is 164 g/mol. The van der Waals surface area contributed by atoms with Crippen molar-refractivity contribution in [1.29, 1.82) is 0 Å². The Hall–Kier alpha value is -0.300. The van der Waals surface area contributed by atoms with Gasteiger partial charge >= 0.3 is 0 Å². The summed E-state index contributed by atoms with van der Waals surface area (Å²) in [6.07, 6.45) is 7.60. The van der Waals surface area contributed by atoms with Gasteiger partial charge in [0.05, 0.1) is 0 Å². The fourth-order valence-corrected chi connectivity index (χ4v) is 0.409. The average molecular weight is 173 g/mol. The van der Waals surface area contributed by atoms with Gasteiger partial charge in [0.25, 0.3) is 0 Å². The van der Waals surface area contributed by atoms with Crippen molar-refractivity contribution in [2.45, 2.75) is 6.92 Å². The van der Waals surface area contributed by atoms with Crippen LogP contribution in [-0.4, -0.2) is 0 Å². The van der Waals surface area contributed by atoms with Gasteiger partial charge in [-0.2, -0.15) is 0 Å². The third-order valence-electron chi connectivity index (χ3n) is 0.643. The molecule has 0 aliphatic heterocycles. The van der Waals surface area contributed by atoms with Crippen molar-refractivity contribution in [2.24, 2.45) is 0 Å². The fourth-order valence-electron chi connectivity index (χ4n) is 0.256. The maximum absolute atomic E-state index is 3.56. The Labute approximate surface area is 58.7 Å². The van der Waals surface area contributed by atoms with Crippen molar-refractivity contribution in [1.82, 2.24) is 0 Å². The van der Waals surface area contributed by atoms with Gasteiger partial charge in [0.15, 0.2) is 0 Å². The molecule has 0 unspecified atom stereocenters. The molecule has 8 heavy (non-hydrogen) atoms. The Morgan fingerprint density at radius 3 is 2.62 bits per heavy atom. The predicted octanol–water partition coefficient (Wildman–Crippen LogP) is 3.03. The molecular formula is C7H9Br. The molecule has 44 valence electrons. The first-order valence-electron chi connectivity index (χ1n) is 2.42. The molecule has 0 fully saturated rings. The molecule has 0 amide bonds. The van der Waals surface area contributed by atoms with E-state index in [2.05, 4.69) is 22.5 Å². The van der Waals surface area contributed by atoms with Crippen LogP contribution in [-0.2, 0) is 0 Å². The normalized spacial score (nSPS) is 12.5. The summed E-state index contributed by atoms with van der Waals surface area (Å²) in [6, 6.07) is 0. The minimum Gasteiger partial charge on any atom is -0.0979 e. The highest BCUT2D eigenvalue weighted by atomic mass is 79.9. The summed E-state index contributed by atoms with van der Waals surface area (Å²) in [7, 11) is 0. The molecule has 0 saturated heterocycles. The Balaban J connectivity index is 3.74. The number of rotatable bonds is 2. The molecule has 0 N–H and O–H groups in total. The van der Waals surface area contributed by atoms with Gasteiger partial charge in [0.1, 0.15) is 0 Å². The molecule has 0 heterocycles.